The molecule has 1 aromatic heterocycles. The van der Waals surface area contributed by atoms with Gasteiger partial charge in [0.1, 0.15) is 0 Å². The fourth-order valence-corrected chi connectivity index (χ4v) is 1.70. The molecule has 9 heteroatoms. The summed E-state index contributed by atoms with van der Waals surface area (Å²) in [6.45, 7) is 0. The average Bonchev–Trinajstić information content (AvgIpc) is 2.63. The van der Waals surface area contributed by atoms with Crippen molar-refractivity contribution in [3.63, 3.8) is 0 Å². The Labute approximate surface area is 96.6 Å². The highest BCUT2D eigenvalue weighted by atomic mass is 32.2. The van der Waals surface area contributed by atoms with Crippen molar-refractivity contribution < 1.29 is 13.2 Å². The number of alkyl halides is 3. The fraction of sp³-hybridized carbons (Fsp3) is 0.125. The van der Waals surface area contributed by atoms with Gasteiger partial charge in [0, 0.05) is 4.90 Å². The third-order valence-corrected chi connectivity index (χ3v) is 2.53. The van der Waals surface area contributed by atoms with Gasteiger partial charge in [-0.3, -0.25) is 0 Å². The Bertz CT molecular complexity index is 559. The first-order valence-corrected chi connectivity index (χ1v) is 5.14. The highest BCUT2D eigenvalue weighted by molar-refractivity contribution is 8.00. The second-order valence-corrected chi connectivity index (χ2v) is 4.10. The third kappa shape index (κ3) is 2.87. The van der Waals surface area contributed by atoms with Gasteiger partial charge in [-0.25, -0.2) is 9.89 Å². The van der Waals surface area contributed by atoms with E-state index >= 15 is 0 Å². The summed E-state index contributed by atoms with van der Waals surface area (Å²) in [6.07, 6.45) is 0. The minimum Gasteiger partial charge on any atom is -0.244 e. The number of aromatic amines is 1. The van der Waals surface area contributed by atoms with E-state index in [0.717, 1.165) is 4.68 Å². The molecular weight excluding hydrogens is 257 g/mol. The monoisotopic (exact) mass is 262 g/mol. The lowest BCUT2D eigenvalue weighted by molar-refractivity contribution is -0.0328. The van der Waals surface area contributed by atoms with Crippen LogP contribution >= 0.6 is 11.8 Å². The fourth-order valence-electron chi connectivity index (χ4n) is 1.16. The molecule has 90 valence electrons. The number of aromatic nitrogens is 4. The topological polar surface area (TPSA) is 63.6 Å². The third-order valence-electron chi connectivity index (χ3n) is 1.79. The van der Waals surface area contributed by atoms with Gasteiger partial charge in [0.05, 0.1) is 5.69 Å². The summed E-state index contributed by atoms with van der Waals surface area (Å²) in [6, 6.07) is 5.24. The Kier molecular flexibility index (Phi) is 2.92. The lowest BCUT2D eigenvalue weighted by Crippen LogP contribution is -2.15. The van der Waals surface area contributed by atoms with Crippen molar-refractivity contribution in [2.24, 2.45) is 0 Å². The quantitative estimate of drug-likeness (QED) is 0.834. The van der Waals surface area contributed by atoms with Gasteiger partial charge >= 0.3 is 11.2 Å². The molecule has 2 aromatic rings. The van der Waals surface area contributed by atoms with E-state index in [0.29, 0.717) is 5.69 Å². The van der Waals surface area contributed by atoms with Gasteiger partial charge in [0.2, 0.25) is 0 Å². The maximum absolute atomic E-state index is 12.1. The number of H-pyrrole nitrogens is 1. The van der Waals surface area contributed by atoms with Crippen molar-refractivity contribution in [3.8, 4) is 5.69 Å². The second kappa shape index (κ2) is 4.24. The van der Waals surface area contributed by atoms with E-state index in [1.165, 1.54) is 24.3 Å². The van der Waals surface area contributed by atoms with Crippen LogP contribution in [0.5, 0.6) is 0 Å². The zero-order chi connectivity index (χ0) is 12.5. The average molecular weight is 262 g/mol. The molecule has 0 bridgehead atoms. The number of hydrogen-bond acceptors (Lipinski definition) is 4. The molecule has 1 N–H and O–H groups in total. The Morgan fingerprint density at radius 2 is 1.88 bits per heavy atom. The number of rotatable bonds is 2. The number of benzene rings is 1. The van der Waals surface area contributed by atoms with Crippen LogP contribution in [-0.2, 0) is 0 Å². The Balaban J connectivity index is 2.25. The van der Waals surface area contributed by atoms with Crippen LogP contribution in [0.1, 0.15) is 0 Å². The largest absolute Gasteiger partial charge is 0.446 e. The summed E-state index contributed by atoms with van der Waals surface area (Å²) in [5.74, 6) is 0. The van der Waals surface area contributed by atoms with Gasteiger partial charge in [-0.1, -0.05) is 0 Å². The molecule has 0 amide bonds. The van der Waals surface area contributed by atoms with Crippen LogP contribution in [0.15, 0.2) is 34.0 Å². The lowest BCUT2D eigenvalue weighted by Gasteiger charge is -2.05. The van der Waals surface area contributed by atoms with E-state index in [4.69, 9.17) is 0 Å². The van der Waals surface area contributed by atoms with Gasteiger partial charge in [0.25, 0.3) is 0 Å². The predicted molar refractivity (Wildman–Crippen MR) is 53.9 cm³/mol. The normalized spacial score (nSPS) is 11.7. The Morgan fingerprint density at radius 1 is 1.24 bits per heavy atom. The number of thioether (sulfide) groups is 1. The number of tetrazole rings is 1. The van der Waals surface area contributed by atoms with Crippen molar-refractivity contribution in [3.05, 3.63) is 34.7 Å². The molecule has 0 unspecified atom stereocenters. The molecule has 0 aliphatic carbocycles. The van der Waals surface area contributed by atoms with Crippen molar-refractivity contribution in [2.75, 3.05) is 0 Å². The van der Waals surface area contributed by atoms with Gasteiger partial charge in [-0.05, 0) is 46.5 Å². The molecular formula is C8H5F3N4OS. The first kappa shape index (κ1) is 11.7. The summed E-state index contributed by atoms with van der Waals surface area (Å²) in [5.41, 5.74) is -4.54. The SMILES string of the molecule is O=c1[nH]nnn1-c1ccc(SC(F)(F)F)cc1. The van der Waals surface area contributed by atoms with Gasteiger partial charge in [-0.2, -0.15) is 17.9 Å². The summed E-state index contributed by atoms with van der Waals surface area (Å²) in [5, 5.41) is 8.81. The van der Waals surface area contributed by atoms with Crippen LogP contribution < -0.4 is 5.69 Å². The van der Waals surface area contributed by atoms with Crippen molar-refractivity contribution >= 4 is 11.8 Å². The lowest BCUT2D eigenvalue weighted by atomic mass is 10.3. The van der Waals surface area contributed by atoms with E-state index in [1.54, 1.807) is 0 Å². The number of nitrogens with zero attached hydrogens (tertiary/aromatic N) is 3. The standard InChI is InChI=1S/C8H5F3N4OS/c9-8(10,11)17-6-3-1-5(2-4-6)15-7(16)12-13-14-15/h1-4H,(H,12,14,16). The van der Waals surface area contributed by atoms with Crippen LogP contribution in [0.2, 0.25) is 0 Å². The highest BCUT2D eigenvalue weighted by Crippen LogP contribution is 2.36. The second-order valence-electron chi connectivity index (χ2n) is 2.96. The van der Waals surface area contributed by atoms with Crippen LogP contribution in [-0.4, -0.2) is 25.7 Å². The van der Waals surface area contributed by atoms with E-state index in [1.807, 2.05) is 0 Å². The van der Waals surface area contributed by atoms with E-state index < -0.39 is 11.2 Å². The van der Waals surface area contributed by atoms with Crippen LogP contribution in [0, 0.1) is 0 Å². The van der Waals surface area contributed by atoms with E-state index in [-0.39, 0.29) is 16.7 Å². The van der Waals surface area contributed by atoms with Crippen molar-refractivity contribution in [1.29, 1.82) is 0 Å². The molecule has 0 saturated carbocycles. The minimum atomic E-state index is -4.33. The van der Waals surface area contributed by atoms with Crippen LogP contribution in [0.4, 0.5) is 13.2 Å². The molecule has 0 aliphatic heterocycles. The minimum absolute atomic E-state index is 0.0396. The molecule has 0 atom stereocenters. The summed E-state index contributed by atoms with van der Waals surface area (Å²) in [4.78, 5) is 11.2. The van der Waals surface area contributed by atoms with Crippen molar-refractivity contribution in [1.82, 2.24) is 20.2 Å². The zero-order valence-electron chi connectivity index (χ0n) is 8.10. The Morgan fingerprint density at radius 3 is 2.35 bits per heavy atom. The molecule has 0 spiro atoms. The first-order chi connectivity index (χ1) is 7.96. The smallest absolute Gasteiger partial charge is 0.244 e. The van der Waals surface area contributed by atoms with E-state index in [9.17, 15) is 18.0 Å². The zero-order valence-corrected chi connectivity index (χ0v) is 8.92. The molecule has 0 aliphatic rings. The first-order valence-electron chi connectivity index (χ1n) is 4.32. The molecule has 2 rings (SSSR count). The van der Waals surface area contributed by atoms with E-state index in [2.05, 4.69) is 15.5 Å². The molecule has 0 fully saturated rings. The maximum atomic E-state index is 12.1. The molecule has 17 heavy (non-hydrogen) atoms. The van der Waals surface area contributed by atoms with Crippen LogP contribution in [0.25, 0.3) is 5.69 Å². The summed E-state index contributed by atoms with van der Waals surface area (Å²) >= 11 is -0.220. The summed E-state index contributed by atoms with van der Waals surface area (Å²) in [7, 11) is 0. The van der Waals surface area contributed by atoms with Gasteiger partial charge in [-0.15, -0.1) is 0 Å². The molecule has 1 heterocycles. The van der Waals surface area contributed by atoms with Gasteiger partial charge in [0.15, 0.2) is 0 Å². The molecule has 5 nitrogen and oxygen atoms in total. The predicted octanol–water partition coefficient (Wildman–Crippen LogP) is 1.57. The maximum Gasteiger partial charge on any atom is 0.446 e. The number of halogens is 3. The molecule has 0 saturated heterocycles. The molecule has 0 radical (unpaired) electrons. The summed E-state index contributed by atoms with van der Waals surface area (Å²) < 4.78 is 37.1. The highest BCUT2D eigenvalue weighted by Gasteiger charge is 2.29. The number of nitrogens with one attached hydrogen (secondary N) is 1. The Hall–Kier alpha value is -1.77. The van der Waals surface area contributed by atoms with Crippen LogP contribution in [0.3, 0.4) is 0 Å². The van der Waals surface area contributed by atoms with Gasteiger partial charge < -0.3 is 0 Å². The number of hydrogen-bond donors (Lipinski definition) is 1. The molecule has 1 aromatic carbocycles. The van der Waals surface area contributed by atoms with Crippen molar-refractivity contribution in [2.45, 2.75) is 10.4 Å².